The Morgan fingerprint density at radius 3 is 1.15 bits per heavy atom. The molecule has 0 aromatic heterocycles. The monoisotopic (exact) mass is 420 g/mol. The number of halogens is 13. The standard InChI is InChI=1S/C12H13F13O/c1-5(2)7(13,14)10(19,12(23,24)25)26-6(3,4)8(15,16)9(17,18)11(20,21)22/h5H,1-4H3. The number of hydrogen-bond donors (Lipinski definition) is 0. The molecule has 158 valence electrons. The molecule has 1 atom stereocenters. The molecule has 0 spiro atoms. The highest BCUT2D eigenvalue weighted by Crippen LogP contribution is 2.57. The molecule has 0 bridgehead atoms. The van der Waals surface area contributed by atoms with Crippen molar-refractivity contribution < 1.29 is 61.8 Å². The van der Waals surface area contributed by atoms with Gasteiger partial charge in [-0.2, -0.15) is 57.1 Å². The zero-order valence-electron chi connectivity index (χ0n) is 13.4. The molecule has 26 heavy (non-hydrogen) atoms. The van der Waals surface area contributed by atoms with Gasteiger partial charge >= 0.3 is 36.0 Å². The first-order valence-corrected chi connectivity index (χ1v) is 6.56. The van der Waals surface area contributed by atoms with Crippen LogP contribution in [0.25, 0.3) is 0 Å². The fourth-order valence-corrected chi connectivity index (χ4v) is 1.66. The average Bonchev–Trinajstić information content (AvgIpc) is 2.34. The maximum atomic E-state index is 14.1. The number of hydrogen-bond acceptors (Lipinski definition) is 1. The van der Waals surface area contributed by atoms with Crippen LogP contribution in [0.4, 0.5) is 57.1 Å². The van der Waals surface area contributed by atoms with Gasteiger partial charge in [0.2, 0.25) is 0 Å². The minimum Gasteiger partial charge on any atom is -0.322 e. The van der Waals surface area contributed by atoms with E-state index in [1.807, 2.05) is 0 Å². The van der Waals surface area contributed by atoms with Gasteiger partial charge in [0.15, 0.2) is 0 Å². The molecule has 0 aliphatic carbocycles. The summed E-state index contributed by atoms with van der Waals surface area (Å²) in [5.74, 6) is -28.0. The van der Waals surface area contributed by atoms with Crippen LogP contribution in [0.3, 0.4) is 0 Å². The smallest absolute Gasteiger partial charge is 0.322 e. The molecule has 1 unspecified atom stereocenters. The summed E-state index contributed by atoms with van der Waals surface area (Å²) < 4.78 is 172. The summed E-state index contributed by atoms with van der Waals surface area (Å²) in [4.78, 5) is 0. The summed E-state index contributed by atoms with van der Waals surface area (Å²) in [6, 6.07) is 0. The Morgan fingerprint density at radius 1 is 0.577 bits per heavy atom. The lowest BCUT2D eigenvalue weighted by Gasteiger charge is -2.45. The lowest BCUT2D eigenvalue weighted by Crippen LogP contribution is -2.69. The van der Waals surface area contributed by atoms with E-state index in [-0.39, 0.29) is 0 Å². The summed E-state index contributed by atoms with van der Waals surface area (Å²) in [6.07, 6.45) is -13.7. The van der Waals surface area contributed by atoms with Gasteiger partial charge in [-0.15, -0.1) is 0 Å². The molecule has 0 heterocycles. The number of alkyl halides is 13. The molecular weight excluding hydrogens is 407 g/mol. The van der Waals surface area contributed by atoms with Gasteiger partial charge in [-0.25, -0.2) is 0 Å². The lowest BCUT2D eigenvalue weighted by atomic mass is 9.91. The molecule has 0 aromatic rings. The van der Waals surface area contributed by atoms with Crippen LogP contribution in [0.1, 0.15) is 27.7 Å². The predicted molar refractivity (Wildman–Crippen MR) is 60.8 cm³/mol. The van der Waals surface area contributed by atoms with Crippen LogP contribution >= 0.6 is 0 Å². The molecular formula is C12H13F13O. The second-order valence-corrected chi connectivity index (χ2v) is 6.13. The van der Waals surface area contributed by atoms with Crippen LogP contribution in [0.2, 0.25) is 0 Å². The lowest BCUT2D eigenvalue weighted by molar-refractivity contribution is -0.462. The van der Waals surface area contributed by atoms with E-state index >= 15 is 0 Å². The van der Waals surface area contributed by atoms with Crippen LogP contribution in [-0.2, 0) is 4.74 Å². The first-order chi connectivity index (χ1) is 10.9. The molecule has 0 saturated carbocycles. The average molecular weight is 420 g/mol. The summed E-state index contributed by atoms with van der Waals surface area (Å²) in [6.45, 7) is -0.357. The highest BCUT2D eigenvalue weighted by molar-refractivity contribution is 5.05. The van der Waals surface area contributed by atoms with Crippen LogP contribution in [0.15, 0.2) is 0 Å². The summed E-state index contributed by atoms with van der Waals surface area (Å²) in [5.41, 5.74) is -4.66. The van der Waals surface area contributed by atoms with Crippen molar-refractivity contribution >= 4 is 0 Å². The highest BCUT2D eigenvalue weighted by atomic mass is 19.4. The normalized spacial score (nSPS) is 18.2. The van der Waals surface area contributed by atoms with Gasteiger partial charge < -0.3 is 4.74 Å². The molecule has 0 rings (SSSR count). The Labute approximate surface area is 138 Å². The van der Waals surface area contributed by atoms with E-state index in [1.54, 1.807) is 0 Å². The maximum absolute atomic E-state index is 14.1. The van der Waals surface area contributed by atoms with E-state index in [2.05, 4.69) is 4.74 Å². The van der Waals surface area contributed by atoms with E-state index in [9.17, 15) is 57.1 Å². The molecule has 1 nitrogen and oxygen atoms in total. The Balaban J connectivity index is 6.39. The summed E-state index contributed by atoms with van der Waals surface area (Å²) in [7, 11) is 0. The molecule has 0 aliphatic heterocycles. The molecule has 0 fully saturated rings. The van der Waals surface area contributed by atoms with E-state index in [0.717, 1.165) is 0 Å². The third kappa shape index (κ3) is 3.57. The van der Waals surface area contributed by atoms with Crippen molar-refractivity contribution in [2.75, 3.05) is 0 Å². The van der Waals surface area contributed by atoms with E-state index in [1.165, 1.54) is 0 Å². The van der Waals surface area contributed by atoms with Crippen molar-refractivity contribution in [3.8, 4) is 0 Å². The zero-order valence-corrected chi connectivity index (χ0v) is 13.4. The van der Waals surface area contributed by atoms with Crippen LogP contribution in [-0.4, -0.2) is 41.6 Å². The van der Waals surface area contributed by atoms with Gasteiger partial charge in [0.05, 0.1) is 0 Å². The molecule has 0 aromatic carbocycles. The maximum Gasteiger partial charge on any atom is 0.459 e. The van der Waals surface area contributed by atoms with Crippen LogP contribution < -0.4 is 0 Å². The quantitative estimate of drug-likeness (QED) is 0.470. The largest absolute Gasteiger partial charge is 0.459 e. The van der Waals surface area contributed by atoms with Crippen molar-refractivity contribution in [2.24, 2.45) is 5.92 Å². The molecule has 0 saturated heterocycles. The molecule has 0 aliphatic rings. The van der Waals surface area contributed by atoms with E-state index in [0.29, 0.717) is 13.8 Å². The van der Waals surface area contributed by atoms with Gasteiger partial charge in [0.1, 0.15) is 5.60 Å². The van der Waals surface area contributed by atoms with Crippen LogP contribution in [0, 0.1) is 5.92 Å². The van der Waals surface area contributed by atoms with Crippen molar-refractivity contribution in [3.63, 3.8) is 0 Å². The number of ether oxygens (including phenoxy) is 1. The molecule has 14 heteroatoms. The van der Waals surface area contributed by atoms with Gasteiger partial charge in [-0.05, 0) is 13.8 Å². The van der Waals surface area contributed by atoms with E-state index in [4.69, 9.17) is 0 Å². The second kappa shape index (κ2) is 6.30. The van der Waals surface area contributed by atoms with Crippen LogP contribution in [0.5, 0.6) is 0 Å². The van der Waals surface area contributed by atoms with Crippen molar-refractivity contribution in [3.05, 3.63) is 0 Å². The third-order valence-corrected chi connectivity index (χ3v) is 3.42. The predicted octanol–water partition coefficient (Wildman–Crippen LogP) is 6.13. The first kappa shape index (κ1) is 25.1. The summed E-state index contributed by atoms with van der Waals surface area (Å²) in [5, 5.41) is 0. The van der Waals surface area contributed by atoms with Gasteiger partial charge in [-0.3, -0.25) is 0 Å². The fraction of sp³-hybridized carbons (Fsp3) is 1.00. The Hall–Kier alpha value is -0.950. The van der Waals surface area contributed by atoms with Crippen molar-refractivity contribution in [1.82, 2.24) is 0 Å². The highest BCUT2D eigenvalue weighted by Gasteiger charge is 2.82. The minimum absolute atomic E-state index is 0.318. The van der Waals surface area contributed by atoms with Gasteiger partial charge in [0.25, 0.3) is 0 Å². The summed E-state index contributed by atoms with van der Waals surface area (Å²) >= 11 is 0. The second-order valence-electron chi connectivity index (χ2n) is 6.13. The topological polar surface area (TPSA) is 9.23 Å². The Bertz CT molecular complexity index is 502. The molecule has 0 amide bonds. The van der Waals surface area contributed by atoms with Gasteiger partial charge in [-0.1, -0.05) is 13.8 Å². The minimum atomic E-state index is -7.01. The Morgan fingerprint density at radius 2 is 0.923 bits per heavy atom. The van der Waals surface area contributed by atoms with Crippen molar-refractivity contribution in [2.45, 2.75) is 69.3 Å². The number of rotatable bonds is 6. The molecule has 0 N–H and O–H groups in total. The van der Waals surface area contributed by atoms with Gasteiger partial charge in [0, 0.05) is 5.92 Å². The van der Waals surface area contributed by atoms with Crippen molar-refractivity contribution in [1.29, 1.82) is 0 Å². The first-order valence-electron chi connectivity index (χ1n) is 6.56. The zero-order chi connectivity index (χ0) is 21.8. The third-order valence-electron chi connectivity index (χ3n) is 3.42. The van der Waals surface area contributed by atoms with E-state index < -0.39 is 61.3 Å². The molecule has 0 radical (unpaired) electrons. The SMILES string of the molecule is CC(C)C(F)(F)C(F)(OC(C)(C)C(F)(F)C(F)(F)C(F)(F)F)C(F)(F)F. The Kier molecular flexibility index (Phi) is 6.07. The fourth-order valence-electron chi connectivity index (χ4n) is 1.66.